The van der Waals surface area contributed by atoms with Gasteiger partial charge in [0.1, 0.15) is 5.75 Å². The molecular formula is C17H23NO2. The number of hydrogen-bond acceptors (Lipinski definition) is 3. The van der Waals surface area contributed by atoms with Crippen molar-refractivity contribution in [2.45, 2.75) is 51.6 Å². The van der Waals surface area contributed by atoms with Crippen LogP contribution >= 0.6 is 0 Å². The summed E-state index contributed by atoms with van der Waals surface area (Å²) in [6.45, 7) is 2.54. The number of nitrogens with zero attached hydrogens (tertiary/aromatic N) is 1. The first kappa shape index (κ1) is 14.9. The first-order valence-corrected chi connectivity index (χ1v) is 7.54. The lowest BCUT2D eigenvalue weighted by atomic mass is 9.74. The van der Waals surface area contributed by atoms with E-state index < -0.39 is 11.5 Å². The third-order valence-electron chi connectivity index (χ3n) is 4.23. The van der Waals surface area contributed by atoms with Gasteiger partial charge >= 0.3 is 0 Å². The van der Waals surface area contributed by atoms with Gasteiger partial charge in [0.15, 0.2) is 0 Å². The van der Waals surface area contributed by atoms with Gasteiger partial charge in [0.05, 0.1) is 24.2 Å². The lowest BCUT2D eigenvalue weighted by Crippen LogP contribution is -2.27. The van der Waals surface area contributed by atoms with Crippen LogP contribution in [0.25, 0.3) is 0 Å². The first-order chi connectivity index (χ1) is 9.72. The van der Waals surface area contributed by atoms with E-state index in [9.17, 15) is 10.4 Å². The van der Waals surface area contributed by atoms with Crippen molar-refractivity contribution in [2.24, 2.45) is 5.41 Å². The zero-order valence-corrected chi connectivity index (χ0v) is 12.1. The maximum absolute atomic E-state index is 10.7. The number of benzene rings is 1. The van der Waals surface area contributed by atoms with Crippen molar-refractivity contribution in [3.8, 4) is 11.8 Å². The molecule has 1 aliphatic rings. The van der Waals surface area contributed by atoms with E-state index >= 15 is 0 Å². The van der Waals surface area contributed by atoms with Crippen LogP contribution in [0.1, 0.15) is 57.1 Å². The van der Waals surface area contributed by atoms with Gasteiger partial charge < -0.3 is 9.84 Å². The SMILES string of the molecule is CCOc1cccc(C(O)C2(C#N)CCCCCC2)c1. The molecule has 1 fully saturated rings. The largest absolute Gasteiger partial charge is 0.494 e. The summed E-state index contributed by atoms with van der Waals surface area (Å²) in [5.41, 5.74) is 0.154. The van der Waals surface area contributed by atoms with Crippen molar-refractivity contribution in [2.75, 3.05) is 6.61 Å². The normalized spacial score (nSPS) is 19.6. The summed E-state index contributed by atoms with van der Waals surface area (Å²) in [4.78, 5) is 0. The molecular weight excluding hydrogens is 250 g/mol. The molecule has 0 spiro atoms. The molecule has 2 rings (SSSR count). The molecule has 0 heterocycles. The van der Waals surface area contributed by atoms with E-state index in [1.807, 2.05) is 31.2 Å². The molecule has 1 aromatic carbocycles. The molecule has 3 heteroatoms. The highest BCUT2D eigenvalue weighted by Gasteiger charge is 2.39. The Morgan fingerprint density at radius 1 is 1.30 bits per heavy atom. The average molecular weight is 273 g/mol. The first-order valence-electron chi connectivity index (χ1n) is 7.54. The van der Waals surface area contributed by atoms with Crippen molar-refractivity contribution in [3.05, 3.63) is 29.8 Å². The van der Waals surface area contributed by atoms with Crippen LogP contribution in [0.15, 0.2) is 24.3 Å². The number of hydrogen-bond donors (Lipinski definition) is 1. The summed E-state index contributed by atoms with van der Waals surface area (Å²) in [5, 5.41) is 20.4. The minimum absolute atomic E-state index is 0.600. The fourth-order valence-corrected chi connectivity index (χ4v) is 3.07. The topological polar surface area (TPSA) is 53.2 Å². The lowest BCUT2D eigenvalue weighted by molar-refractivity contribution is 0.0514. The molecule has 20 heavy (non-hydrogen) atoms. The van der Waals surface area contributed by atoms with Crippen LogP contribution in [0.5, 0.6) is 5.75 Å². The van der Waals surface area contributed by atoms with Crippen LogP contribution in [0.2, 0.25) is 0 Å². The number of aliphatic hydroxyl groups excluding tert-OH is 1. The maximum Gasteiger partial charge on any atom is 0.119 e. The Morgan fingerprint density at radius 3 is 2.60 bits per heavy atom. The number of nitriles is 1. The fourth-order valence-electron chi connectivity index (χ4n) is 3.07. The highest BCUT2D eigenvalue weighted by Crippen LogP contribution is 2.44. The third-order valence-corrected chi connectivity index (χ3v) is 4.23. The molecule has 0 radical (unpaired) electrons. The molecule has 0 saturated heterocycles. The summed E-state index contributed by atoms with van der Waals surface area (Å²) in [7, 11) is 0. The van der Waals surface area contributed by atoms with Crippen LogP contribution < -0.4 is 4.74 Å². The number of ether oxygens (including phenoxy) is 1. The lowest BCUT2D eigenvalue weighted by Gasteiger charge is -2.31. The van der Waals surface area contributed by atoms with Gasteiger partial charge in [-0.25, -0.2) is 0 Å². The predicted octanol–water partition coefficient (Wildman–Crippen LogP) is 3.98. The number of rotatable bonds is 4. The van der Waals surface area contributed by atoms with Crippen LogP contribution in [-0.2, 0) is 0 Å². The quantitative estimate of drug-likeness (QED) is 0.844. The Labute approximate surface area is 121 Å². The van der Waals surface area contributed by atoms with Gasteiger partial charge in [-0.1, -0.05) is 37.8 Å². The maximum atomic E-state index is 10.7. The smallest absolute Gasteiger partial charge is 0.119 e. The molecule has 0 bridgehead atoms. The highest BCUT2D eigenvalue weighted by molar-refractivity contribution is 5.32. The van der Waals surface area contributed by atoms with Crippen LogP contribution in [0.4, 0.5) is 0 Å². The van der Waals surface area contributed by atoms with Crippen molar-refractivity contribution in [1.29, 1.82) is 5.26 Å². The van der Waals surface area contributed by atoms with E-state index in [0.29, 0.717) is 6.61 Å². The Kier molecular flexibility index (Phi) is 5.03. The van der Waals surface area contributed by atoms with Gasteiger partial charge in [-0.05, 0) is 37.5 Å². The second-order valence-corrected chi connectivity index (χ2v) is 5.59. The molecule has 1 N–H and O–H groups in total. The molecule has 1 atom stereocenters. The molecule has 1 aliphatic carbocycles. The van der Waals surface area contributed by atoms with E-state index in [1.165, 1.54) is 0 Å². The highest BCUT2D eigenvalue weighted by atomic mass is 16.5. The van der Waals surface area contributed by atoms with Gasteiger partial charge in [-0.2, -0.15) is 5.26 Å². The Bertz CT molecular complexity index is 470. The zero-order chi connectivity index (χ0) is 14.4. The summed E-state index contributed by atoms with van der Waals surface area (Å²) < 4.78 is 5.48. The molecule has 1 aromatic rings. The Balaban J connectivity index is 2.25. The minimum atomic E-state index is -0.731. The van der Waals surface area contributed by atoms with E-state index in [2.05, 4.69) is 6.07 Å². The average Bonchev–Trinajstić information content (AvgIpc) is 2.73. The van der Waals surface area contributed by atoms with Crippen LogP contribution in [0.3, 0.4) is 0 Å². The molecule has 1 unspecified atom stereocenters. The van der Waals surface area contributed by atoms with E-state index in [4.69, 9.17) is 4.74 Å². The molecule has 0 aliphatic heterocycles. The summed E-state index contributed by atoms with van der Waals surface area (Å²) in [6, 6.07) is 9.92. The summed E-state index contributed by atoms with van der Waals surface area (Å²) >= 11 is 0. The molecule has 108 valence electrons. The predicted molar refractivity (Wildman–Crippen MR) is 78.3 cm³/mol. The van der Waals surface area contributed by atoms with E-state index in [0.717, 1.165) is 49.8 Å². The van der Waals surface area contributed by atoms with Gasteiger partial charge in [0, 0.05) is 0 Å². The summed E-state index contributed by atoms with van der Waals surface area (Å²) in [5.74, 6) is 0.755. The van der Waals surface area contributed by atoms with Crippen molar-refractivity contribution >= 4 is 0 Å². The standard InChI is InChI=1S/C17H23NO2/c1-2-20-15-9-7-8-14(12-15)16(19)17(13-18)10-5-3-4-6-11-17/h7-9,12,16,19H,2-6,10-11H2,1H3. The van der Waals surface area contributed by atoms with E-state index in [-0.39, 0.29) is 0 Å². The summed E-state index contributed by atoms with van der Waals surface area (Å²) in [6.07, 6.45) is 5.20. The van der Waals surface area contributed by atoms with Gasteiger partial charge in [0.2, 0.25) is 0 Å². The van der Waals surface area contributed by atoms with Crippen molar-refractivity contribution < 1.29 is 9.84 Å². The molecule has 3 nitrogen and oxygen atoms in total. The molecule has 0 aromatic heterocycles. The Morgan fingerprint density at radius 2 is 2.00 bits per heavy atom. The Hall–Kier alpha value is -1.53. The van der Waals surface area contributed by atoms with Crippen molar-refractivity contribution in [3.63, 3.8) is 0 Å². The van der Waals surface area contributed by atoms with Crippen LogP contribution in [-0.4, -0.2) is 11.7 Å². The second-order valence-electron chi connectivity index (χ2n) is 5.59. The second kappa shape index (κ2) is 6.76. The van der Waals surface area contributed by atoms with Crippen LogP contribution in [0, 0.1) is 16.7 Å². The fraction of sp³-hybridized carbons (Fsp3) is 0.588. The third kappa shape index (κ3) is 3.13. The van der Waals surface area contributed by atoms with E-state index in [1.54, 1.807) is 0 Å². The molecule has 1 saturated carbocycles. The zero-order valence-electron chi connectivity index (χ0n) is 12.1. The van der Waals surface area contributed by atoms with Gasteiger partial charge in [-0.3, -0.25) is 0 Å². The monoisotopic (exact) mass is 273 g/mol. The minimum Gasteiger partial charge on any atom is -0.494 e. The van der Waals surface area contributed by atoms with Crippen molar-refractivity contribution in [1.82, 2.24) is 0 Å². The molecule has 0 amide bonds. The van der Waals surface area contributed by atoms with Gasteiger partial charge in [-0.15, -0.1) is 0 Å². The number of aliphatic hydroxyl groups is 1. The van der Waals surface area contributed by atoms with Gasteiger partial charge in [0.25, 0.3) is 0 Å².